The van der Waals surface area contributed by atoms with Crippen molar-refractivity contribution in [2.24, 2.45) is 0 Å². The summed E-state index contributed by atoms with van der Waals surface area (Å²) in [6.07, 6.45) is 0. The van der Waals surface area contributed by atoms with Crippen LogP contribution in [-0.4, -0.2) is 4.57 Å². The van der Waals surface area contributed by atoms with Gasteiger partial charge in [0, 0.05) is 33.5 Å². The van der Waals surface area contributed by atoms with Crippen LogP contribution in [0.2, 0.25) is 0 Å². The van der Waals surface area contributed by atoms with Gasteiger partial charge in [-0.05, 0) is 116 Å². The van der Waals surface area contributed by atoms with Gasteiger partial charge in [0.25, 0.3) is 0 Å². The number of benzene rings is 9. The summed E-state index contributed by atoms with van der Waals surface area (Å²) >= 11 is 0. The van der Waals surface area contributed by atoms with E-state index in [4.69, 9.17) is 0 Å². The number of hydrogen-bond acceptors (Lipinski definition) is 1. The highest BCUT2D eigenvalue weighted by atomic mass is 15.1. The highest BCUT2D eigenvalue weighted by molar-refractivity contribution is 6.11. The zero-order chi connectivity index (χ0) is 36.1. The third kappa shape index (κ3) is 4.08. The largest absolute Gasteiger partial charge is 0.310 e. The highest BCUT2D eigenvalue weighted by Gasteiger charge is 2.52. The summed E-state index contributed by atoms with van der Waals surface area (Å²) in [7, 11) is 0. The van der Waals surface area contributed by atoms with Gasteiger partial charge in [-0.2, -0.15) is 0 Å². The summed E-state index contributed by atoms with van der Waals surface area (Å²) in [5.41, 5.74) is 17.3. The molecule has 1 spiro atoms. The van der Waals surface area contributed by atoms with Crippen LogP contribution in [0, 0.1) is 0 Å². The van der Waals surface area contributed by atoms with E-state index in [2.05, 4.69) is 216 Å². The van der Waals surface area contributed by atoms with E-state index < -0.39 is 5.41 Å². The van der Waals surface area contributed by atoms with Gasteiger partial charge in [0.15, 0.2) is 0 Å². The average molecular weight is 699 g/mol. The van der Waals surface area contributed by atoms with Crippen LogP contribution < -0.4 is 4.90 Å². The molecule has 10 aromatic rings. The average Bonchev–Trinajstić information content (AvgIpc) is 3.86. The number of rotatable bonds is 4. The Bertz CT molecular complexity index is 3090. The van der Waals surface area contributed by atoms with Crippen molar-refractivity contribution in [3.63, 3.8) is 0 Å². The van der Waals surface area contributed by atoms with Crippen LogP contribution >= 0.6 is 0 Å². The predicted octanol–water partition coefficient (Wildman–Crippen LogP) is 13.8. The van der Waals surface area contributed by atoms with Crippen molar-refractivity contribution in [2.45, 2.75) is 5.41 Å². The van der Waals surface area contributed by atoms with Gasteiger partial charge in [0.05, 0.1) is 16.4 Å². The molecule has 55 heavy (non-hydrogen) atoms. The van der Waals surface area contributed by atoms with Crippen LogP contribution in [0.4, 0.5) is 17.1 Å². The molecule has 0 radical (unpaired) electrons. The van der Waals surface area contributed by atoms with E-state index in [9.17, 15) is 0 Å². The van der Waals surface area contributed by atoms with Gasteiger partial charge in [-0.25, -0.2) is 0 Å². The van der Waals surface area contributed by atoms with Crippen LogP contribution in [0.3, 0.4) is 0 Å². The molecule has 1 heterocycles. The third-order valence-electron chi connectivity index (χ3n) is 12.2. The summed E-state index contributed by atoms with van der Waals surface area (Å²) in [5, 5.41) is 4.99. The van der Waals surface area contributed by atoms with Crippen molar-refractivity contribution in [3.05, 3.63) is 229 Å². The van der Waals surface area contributed by atoms with Gasteiger partial charge in [-0.3, -0.25) is 0 Å². The molecule has 9 aromatic carbocycles. The molecule has 2 aliphatic rings. The molecule has 256 valence electrons. The van der Waals surface area contributed by atoms with E-state index in [1.165, 1.54) is 77.1 Å². The van der Waals surface area contributed by atoms with Gasteiger partial charge in [0.2, 0.25) is 0 Å². The lowest BCUT2D eigenvalue weighted by Crippen LogP contribution is -2.26. The quantitative estimate of drug-likeness (QED) is 0.178. The Balaban J connectivity index is 1.09. The standard InChI is InChI=1S/C53H34N2/c1-3-15-36(16-4-1)54(39-29-32-51-46(34-39)44-22-10-14-26-50(44)55(51)37-17-5-2-6-18-37)38-28-31-40-35(33-38)27-30-45-43-21-9-13-25-49(43)53(52(40)45)47-23-11-7-19-41(47)42-20-8-12-24-48(42)53/h1-34H. The second kappa shape index (κ2) is 11.4. The first-order valence-corrected chi connectivity index (χ1v) is 19.1. The third-order valence-corrected chi connectivity index (χ3v) is 12.2. The summed E-state index contributed by atoms with van der Waals surface area (Å²) in [6.45, 7) is 0. The van der Waals surface area contributed by atoms with Crippen LogP contribution in [-0.2, 0) is 5.41 Å². The summed E-state index contributed by atoms with van der Waals surface area (Å²) in [4.78, 5) is 2.41. The Kier molecular flexibility index (Phi) is 6.29. The topological polar surface area (TPSA) is 8.17 Å². The minimum atomic E-state index is -0.392. The molecule has 0 saturated carbocycles. The molecule has 0 N–H and O–H groups in total. The normalized spacial score (nSPS) is 13.2. The lowest BCUT2D eigenvalue weighted by atomic mass is 9.69. The van der Waals surface area contributed by atoms with Crippen LogP contribution in [0.25, 0.3) is 60.5 Å². The van der Waals surface area contributed by atoms with Crippen molar-refractivity contribution in [3.8, 4) is 27.9 Å². The zero-order valence-corrected chi connectivity index (χ0v) is 30.0. The maximum atomic E-state index is 2.41. The first-order chi connectivity index (χ1) is 27.3. The molecule has 1 aromatic heterocycles. The molecular weight excluding hydrogens is 665 g/mol. The molecule has 0 unspecified atom stereocenters. The van der Waals surface area contributed by atoms with Crippen LogP contribution in [0.5, 0.6) is 0 Å². The number of hydrogen-bond donors (Lipinski definition) is 0. The lowest BCUT2D eigenvalue weighted by molar-refractivity contribution is 0.801. The summed E-state index contributed by atoms with van der Waals surface area (Å²) in [5.74, 6) is 0. The van der Waals surface area contributed by atoms with E-state index in [0.29, 0.717) is 0 Å². The summed E-state index contributed by atoms with van der Waals surface area (Å²) < 4.78 is 2.38. The maximum Gasteiger partial charge on any atom is 0.0731 e. The van der Waals surface area contributed by atoms with Gasteiger partial charge in [-0.15, -0.1) is 0 Å². The Morgan fingerprint density at radius 2 is 0.891 bits per heavy atom. The molecule has 0 bridgehead atoms. The molecule has 0 aliphatic heterocycles. The van der Waals surface area contributed by atoms with Crippen molar-refractivity contribution in [1.82, 2.24) is 4.57 Å². The molecule has 0 amide bonds. The predicted molar refractivity (Wildman–Crippen MR) is 229 cm³/mol. The second-order valence-corrected chi connectivity index (χ2v) is 14.8. The van der Waals surface area contributed by atoms with Gasteiger partial charge in [-0.1, -0.05) is 146 Å². The minimum Gasteiger partial charge on any atom is -0.310 e. The Morgan fingerprint density at radius 1 is 0.345 bits per heavy atom. The number of nitrogens with zero attached hydrogens (tertiary/aromatic N) is 2. The Labute approximate surface area is 319 Å². The number of fused-ring (bicyclic) bond motifs is 15. The Hall–Kier alpha value is -7.16. The number of aromatic nitrogens is 1. The van der Waals surface area contributed by atoms with E-state index >= 15 is 0 Å². The van der Waals surface area contributed by atoms with Crippen molar-refractivity contribution >= 4 is 49.6 Å². The highest BCUT2D eigenvalue weighted by Crippen LogP contribution is 2.64. The second-order valence-electron chi connectivity index (χ2n) is 14.8. The fraction of sp³-hybridized carbons (Fsp3) is 0.0189. The monoisotopic (exact) mass is 698 g/mol. The molecule has 2 nitrogen and oxygen atoms in total. The van der Waals surface area contributed by atoms with E-state index in [-0.39, 0.29) is 0 Å². The molecule has 0 saturated heterocycles. The molecule has 2 aliphatic carbocycles. The van der Waals surface area contributed by atoms with Crippen molar-refractivity contribution in [2.75, 3.05) is 4.90 Å². The summed E-state index contributed by atoms with van der Waals surface area (Å²) in [6, 6.07) is 76.1. The first-order valence-electron chi connectivity index (χ1n) is 19.1. The first kappa shape index (κ1) is 30.3. The van der Waals surface area contributed by atoms with E-state index in [1.807, 2.05) is 0 Å². The van der Waals surface area contributed by atoms with Crippen molar-refractivity contribution < 1.29 is 0 Å². The molecule has 0 fully saturated rings. The van der Waals surface area contributed by atoms with Crippen LogP contribution in [0.1, 0.15) is 22.3 Å². The molecule has 12 rings (SSSR count). The van der Waals surface area contributed by atoms with Crippen LogP contribution in [0.15, 0.2) is 206 Å². The SMILES string of the molecule is c1ccc(N(c2ccc3c4c(ccc3c2)-c2ccccc2C42c3ccccc3-c3ccccc32)c2ccc3c(c2)c2ccccc2n3-c2ccccc2)cc1. The van der Waals surface area contributed by atoms with Gasteiger partial charge < -0.3 is 9.47 Å². The fourth-order valence-corrected chi connectivity index (χ4v) is 10.0. The zero-order valence-electron chi connectivity index (χ0n) is 30.0. The lowest BCUT2D eigenvalue weighted by Gasteiger charge is -2.32. The molecular formula is C53H34N2. The fourth-order valence-electron chi connectivity index (χ4n) is 10.0. The number of anilines is 3. The van der Waals surface area contributed by atoms with E-state index in [1.54, 1.807) is 0 Å². The molecule has 2 heteroatoms. The maximum absolute atomic E-state index is 2.41. The Morgan fingerprint density at radius 3 is 1.60 bits per heavy atom. The van der Waals surface area contributed by atoms with E-state index in [0.717, 1.165) is 22.7 Å². The minimum absolute atomic E-state index is 0.392. The van der Waals surface area contributed by atoms with Gasteiger partial charge >= 0.3 is 0 Å². The number of para-hydroxylation sites is 3. The smallest absolute Gasteiger partial charge is 0.0731 e. The molecule has 0 atom stereocenters. The van der Waals surface area contributed by atoms with Gasteiger partial charge in [0.1, 0.15) is 0 Å². The van der Waals surface area contributed by atoms with Crippen molar-refractivity contribution in [1.29, 1.82) is 0 Å².